The topological polar surface area (TPSA) is 221 Å². The van der Waals surface area contributed by atoms with E-state index in [0.717, 1.165) is 12.0 Å². The molecule has 1 aromatic carbocycles. The smallest absolute Gasteiger partial charge is 0.328 e. The number of hydrogen-bond acceptors (Lipinski definition) is 7. The molecule has 1 aromatic rings. The predicted molar refractivity (Wildman–Crippen MR) is 136 cm³/mol. The zero-order chi connectivity index (χ0) is 27.4. The van der Waals surface area contributed by atoms with Crippen LogP contribution in [0.3, 0.4) is 0 Å². The molecule has 10 N–H and O–H groups in total. The minimum Gasteiger partial charge on any atom is -0.480 e. The summed E-state index contributed by atoms with van der Waals surface area (Å²) >= 11 is 0. The molecular weight excluding hydrogens is 482 g/mol. The average Bonchev–Trinajstić information content (AvgIpc) is 3.39. The van der Waals surface area contributed by atoms with Crippen LogP contribution >= 0.6 is 0 Å². The van der Waals surface area contributed by atoms with Crippen LogP contribution in [0.2, 0.25) is 0 Å². The van der Waals surface area contributed by atoms with Gasteiger partial charge in [-0.2, -0.15) is 0 Å². The SMILES string of the molecule is CC(O)C(NC(=O)C(Cc1ccccc1)NC(=O)C(CCCN=C(N)N)NC(=O)C1CCCN1)C(=O)O. The van der Waals surface area contributed by atoms with Crippen LogP contribution in [0.15, 0.2) is 35.3 Å². The number of amides is 3. The number of aliphatic hydroxyl groups is 1. The Labute approximate surface area is 215 Å². The zero-order valence-electron chi connectivity index (χ0n) is 20.9. The average molecular weight is 520 g/mol. The van der Waals surface area contributed by atoms with Crippen molar-refractivity contribution in [1.29, 1.82) is 0 Å². The molecule has 2 rings (SSSR count). The summed E-state index contributed by atoms with van der Waals surface area (Å²) in [5.74, 6) is -3.24. The Balaban J connectivity index is 2.20. The van der Waals surface area contributed by atoms with Gasteiger partial charge in [0, 0.05) is 13.0 Å². The van der Waals surface area contributed by atoms with Gasteiger partial charge in [0.25, 0.3) is 0 Å². The van der Waals surface area contributed by atoms with Crippen molar-refractivity contribution in [2.24, 2.45) is 16.5 Å². The molecule has 0 bridgehead atoms. The second kappa shape index (κ2) is 14.8. The number of carboxylic acid groups (broad SMARTS) is 1. The van der Waals surface area contributed by atoms with Gasteiger partial charge in [-0.05, 0) is 44.7 Å². The summed E-state index contributed by atoms with van der Waals surface area (Å²) < 4.78 is 0. The number of hydrogen-bond donors (Lipinski definition) is 8. The summed E-state index contributed by atoms with van der Waals surface area (Å²) in [5, 5.41) is 29.9. The monoisotopic (exact) mass is 519 g/mol. The number of nitrogens with one attached hydrogen (secondary N) is 4. The van der Waals surface area contributed by atoms with Crippen molar-refractivity contribution in [3.63, 3.8) is 0 Å². The molecule has 204 valence electrons. The van der Waals surface area contributed by atoms with Crippen LogP contribution < -0.4 is 32.7 Å². The lowest BCUT2D eigenvalue weighted by atomic mass is 10.0. The number of nitrogens with two attached hydrogens (primary N) is 2. The Morgan fingerprint density at radius 2 is 1.76 bits per heavy atom. The fourth-order valence-electron chi connectivity index (χ4n) is 3.93. The van der Waals surface area contributed by atoms with Gasteiger partial charge in [0.2, 0.25) is 17.7 Å². The number of carboxylic acids is 1. The number of rotatable bonds is 14. The lowest BCUT2D eigenvalue weighted by Gasteiger charge is -2.26. The number of guanidine groups is 1. The second-order valence-corrected chi connectivity index (χ2v) is 8.97. The highest BCUT2D eigenvalue weighted by Crippen LogP contribution is 2.09. The molecule has 0 aromatic heterocycles. The normalized spacial score (nSPS) is 18.1. The minimum absolute atomic E-state index is 0.0589. The second-order valence-electron chi connectivity index (χ2n) is 8.97. The lowest BCUT2D eigenvalue weighted by molar-refractivity contribution is -0.145. The standard InChI is InChI=1S/C24H37N7O6/c1-14(32)19(23(36)37)31-22(35)18(13-15-7-3-2-4-8-15)30-21(34)17(10-6-12-28-24(25)26)29-20(33)16-9-5-11-27-16/h2-4,7-8,14,16-19,27,32H,5-6,9-13H2,1H3,(H,29,33)(H,30,34)(H,31,35)(H,36,37)(H4,25,26,28). The number of aliphatic carboxylic acids is 1. The summed E-state index contributed by atoms with van der Waals surface area (Å²) in [6.07, 6.45) is 0.759. The zero-order valence-corrected chi connectivity index (χ0v) is 20.9. The Bertz CT molecular complexity index is 946. The van der Waals surface area contributed by atoms with Crippen molar-refractivity contribution in [3.8, 4) is 0 Å². The third kappa shape index (κ3) is 10.1. The van der Waals surface area contributed by atoms with E-state index >= 15 is 0 Å². The summed E-state index contributed by atoms with van der Waals surface area (Å²) in [6, 6.07) is 4.72. The van der Waals surface area contributed by atoms with Crippen LogP contribution in [0.4, 0.5) is 0 Å². The third-order valence-corrected chi connectivity index (χ3v) is 5.92. The van der Waals surface area contributed by atoms with Gasteiger partial charge in [0.05, 0.1) is 12.1 Å². The van der Waals surface area contributed by atoms with E-state index in [1.807, 2.05) is 0 Å². The Morgan fingerprint density at radius 1 is 1.08 bits per heavy atom. The summed E-state index contributed by atoms with van der Waals surface area (Å²) in [4.78, 5) is 54.4. The highest BCUT2D eigenvalue weighted by molar-refractivity contribution is 5.94. The molecule has 0 aliphatic carbocycles. The van der Waals surface area contributed by atoms with Crippen molar-refractivity contribution in [2.75, 3.05) is 13.1 Å². The first-order valence-corrected chi connectivity index (χ1v) is 12.2. The van der Waals surface area contributed by atoms with Crippen LogP contribution in [0.5, 0.6) is 0 Å². The minimum atomic E-state index is -1.56. The highest BCUT2D eigenvalue weighted by atomic mass is 16.4. The molecule has 1 aliphatic rings. The van der Waals surface area contributed by atoms with Crippen molar-refractivity contribution in [1.82, 2.24) is 21.3 Å². The van der Waals surface area contributed by atoms with Crippen LogP contribution in [-0.4, -0.2) is 83.2 Å². The van der Waals surface area contributed by atoms with Gasteiger partial charge in [-0.25, -0.2) is 4.79 Å². The van der Waals surface area contributed by atoms with E-state index in [2.05, 4.69) is 26.3 Å². The number of aliphatic imine (C=N–C) groups is 1. The van der Waals surface area contributed by atoms with Crippen LogP contribution in [0.25, 0.3) is 0 Å². The Kier molecular flexibility index (Phi) is 11.8. The quantitative estimate of drug-likeness (QED) is 0.0769. The fourth-order valence-corrected chi connectivity index (χ4v) is 3.93. The number of carbonyl (C=O) groups excluding carboxylic acids is 3. The molecule has 1 fully saturated rings. The molecular formula is C24H37N7O6. The lowest BCUT2D eigenvalue weighted by Crippen LogP contribution is -2.58. The molecule has 1 aliphatic heterocycles. The molecule has 0 spiro atoms. The molecule has 1 heterocycles. The number of nitrogens with zero attached hydrogens (tertiary/aromatic N) is 1. The van der Waals surface area contributed by atoms with Gasteiger partial charge in [0.1, 0.15) is 12.1 Å². The maximum absolute atomic E-state index is 13.3. The van der Waals surface area contributed by atoms with Crippen LogP contribution in [0.1, 0.15) is 38.2 Å². The number of aliphatic hydroxyl groups excluding tert-OH is 1. The van der Waals surface area contributed by atoms with Gasteiger partial charge >= 0.3 is 5.97 Å². The summed E-state index contributed by atoms with van der Waals surface area (Å²) in [6.45, 7) is 2.18. The maximum Gasteiger partial charge on any atom is 0.328 e. The molecule has 37 heavy (non-hydrogen) atoms. The largest absolute Gasteiger partial charge is 0.480 e. The number of carbonyl (C=O) groups is 4. The van der Waals surface area contributed by atoms with E-state index in [-0.39, 0.29) is 31.3 Å². The molecule has 5 unspecified atom stereocenters. The molecule has 13 nitrogen and oxygen atoms in total. The van der Waals surface area contributed by atoms with Gasteiger partial charge in [0.15, 0.2) is 12.0 Å². The van der Waals surface area contributed by atoms with Crippen LogP contribution in [0, 0.1) is 0 Å². The summed E-state index contributed by atoms with van der Waals surface area (Å²) in [5.41, 5.74) is 11.4. The third-order valence-electron chi connectivity index (χ3n) is 5.92. The summed E-state index contributed by atoms with van der Waals surface area (Å²) in [7, 11) is 0. The highest BCUT2D eigenvalue weighted by Gasteiger charge is 2.32. The first kappa shape index (κ1) is 29.5. The van der Waals surface area contributed by atoms with Crippen LogP contribution in [-0.2, 0) is 25.6 Å². The molecule has 13 heteroatoms. The Hall–Kier alpha value is -3.71. The van der Waals surface area contributed by atoms with Crippen molar-refractivity contribution in [2.45, 2.75) is 69.3 Å². The number of benzene rings is 1. The van der Waals surface area contributed by atoms with Crippen molar-refractivity contribution >= 4 is 29.7 Å². The van der Waals surface area contributed by atoms with Gasteiger partial charge in [-0.15, -0.1) is 0 Å². The molecule has 5 atom stereocenters. The van der Waals surface area contributed by atoms with Crippen molar-refractivity contribution < 1.29 is 29.4 Å². The Morgan fingerprint density at radius 3 is 2.32 bits per heavy atom. The van der Waals surface area contributed by atoms with E-state index in [1.165, 1.54) is 6.92 Å². The first-order chi connectivity index (χ1) is 17.6. The van der Waals surface area contributed by atoms with Gasteiger partial charge in [-0.3, -0.25) is 19.4 Å². The molecule has 3 amide bonds. The molecule has 0 radical (unpaired) electrons. The van der Waals surface area contributed by atoms with E-state index in [0.29, 0.717) is 19.4 Å². The fraction of sp³-hybridized carbons (Fsp3) is 0.542. The van der Waals surface area contributed by atoms with Gasteiger partial charge in [-0.1, -0.05) is 30.3 Å². The van der Waals surface area contributed by atoms with E-state index < -0.39 is 48.1 Å². The maximum atomic E-state index is 13.3. The predicted octanol–water partition coefficient (Wildman–Crippen LogP) is -2.05. The molecule has 0 saturated carbocycles. The van der Waals surface area contributed by atoms with E-state index in [9.17, 15) is 29.4 Å². The van der Waals surface area contributed by atoms with Gasteiger partial charge < -0.3 is 42.9 Å². The molecule has 1 saturated heterocycles. The first-order valence-electron chi connectivity index (χ1n) is 12.2. The van der Waals surface area contributed by atoms with E-state index in [1.54, 1.807) is 30.3 Å². The van der Waals surface area contributed by atoms with Crippen molar-refractivity contribution in [3.05, 3.63) is 35.9 Å². The van der Waals surface area contributed by atoms with E-state index in [4.69, 9.17) is 11.5 Å².